The number of nitrogens with two attached hydrogens (primary N) is 1. The van der Waals surface area contributed by atoms with Gasteiger partial charge in [0.05, 0.1) is 25.3 Å². The molecule has 3 amide bonds. The van der Waals surface area contributed by atoms with Crippen LogP contribution in [0.5, 0.6) is 5.75 Å². The molecule has 31 heavy (non-hydrogen) atoms. The van der Waals surface area contributed by atoms with Gasteiger partial charge in [-0.25, -0.2) is 0 Å². The molecule has 0 spiro atoms. The summed E-state index contributed by atoms with van der Waals surface area (Å²) in [5, 5.41) is 0. The summed E-state index contributed by atoms with van der Waals surface area (Å²) < 4.78 is 5.64. The highest BCUT2D eigenvalue weighted by atomic mass is 16.5. The lowest BCUT2D eigenvalue weighted by Crippen LogP contribution is -2.55. The third-order valence-corrected chi connectivity index (χ3v) is 6.28. The zero-order chi connectivity index (χ0) is 21.8. The van der Waals surface area contributed by atoms with Crippen molar-refractivity contribution in [1.82, 2.24) is 14.7 Å². The summed E-state index contributed by atoms with van der Waals surface area (Å²) in [6.45, 7) is 5.56. The van der Waals surface area contributed by atoms with Crippen molar-refractivity contribution in [3.05, 3.63) is 24.3 Å². The van der Waals surface area contributed by atoms with Crippen molar-refractivity contribution in [2.24, 2.45) is 5.73 Å². The Morgan fingerprint density at radius 3 is 2.13 bits per heavy atom. The maximum Gasteiger partial charge on any atom is 0.260 e. The first-order chi connectivity index (χ1) is 15.0. The fourth-order valence-corrected chi connectivity index (χ4v) is 4.44. The Balaban J connectivity index is 1.30. The molecular formula is C22H31N5O4. The Morgan fingerprint density at radius 2 is 1.48 bits per heavy atom. The largest absolute Gasteiger partial charge is 0.477 e. The third kappa shape index (κ3) is 5.16. The zero-order valence-corrected chi connectivity index (χ0v) is 17.9. The number of amides is 3. The van der Waals surface area contributed by atoms with Gasteiger partial charge in [-0.3, -0.25) is 24.2 Å². The molecule has 168 valence electrons. The number of fused-ring (bicyclic) bond motifs is 1. The topological polar surface area (TPSA) is 99.4 Å². The molecule has 2 fully saturated rings. The van der Waals surface area contributed by atoms with Crippen molar-refractivity contribution >= 4 is 23.4 Å². The number of piperazine rings is 1. The molecule has 3 aliphatic heterocycles. The number of para-hydroxylation sites is 2. The average Bonchev–Trinajstić information content (AvgIpc) is 2.80. The Hall–Kier alpha value is -2.65. The van der Waals surface area contributed by atoms with Gasteiger partial charge in [0.25, 0.3) is 5.91 Å². The van der Waals surface area contributed by atoms with Crippen molar-refractivity contribution < 1.29 is 19.1 Å². The Bertz CT molecular complexity index is 818. The molecule has 2 saturated heterocycles. The van der Waals surface area contributed by atoms with Gasteiger partial charge in [-0.1, -0.05) is 12.1 Å². The van der Waals surface area contributed by atoms with Gasteiger partial charge in [0.1, 0.15) is 5.75 Å². The van der Waals surface area contributed by atoms with Gasteiger partial charge in [-0.15, -0.1) is 0 Å². The van der Waals surface area contributed by atoms with E-state index in [2.05, 4.69) is 9.80 Å². The number of rotatable bonds is 5. The molecule has 0 aromatic heterocycles. The van der Waals surface area contributed by atoms with Crippen LogP contribution in [0.15, 0.2) is 24.3 Å². The molecule has 2 N–H and O–H groups in total. The van der Waals surface area contributed by atoms with Crippen LogP contribution in [0.2, 0.25) is 0 Å². The summed E-state index contributed by atoms with van der Waals surface area (Å²) in [6.07, 6.45) is 2.56. The van der Waals surface area contributed by atoms with Crippen molar-refractivity contribution in [2.75, 3.05) is 63.8 Å². The monoisotopic (exact) mass is 429 g/mol. The van der Waals surface area contributed by atoms with Crippen molar-refractivity contribution in [2.45, 2.75) is 25.4 Å². The first kappa shape index (κ1) is 21.6. The number of anilines is 1. The second-order valence-corrected chi connectivity index (χ2v) is 8.47. The van der Waals surface area contributed by atoms with E-state index >= 15 is 0 Å². The van der Waals surface area contributed by atoms with E-state index in [-0.39, 0.29) is 24.9 Å². The predicted molar refractivity (Wildman–Crippen MR) is 116 cm³/mol. The van der Waals surface area contributed by atoms with Crippen molar-refractivity contribution in [3.8, 4) is 5.75 Å². The Labute approximate surface area is 182 Å². The van der Waals surface area contributed by atoms with E-state index in [9.17, 15) is 14.4 Å². The number of nitrogens with zero attached hydrogens (tertiary/aromatic N) is 4. The number of hydrogen-bond acceptors (Lipinski definition) is 6. The molecule has 0 unspecified atom stereocenters. The molecule has 0 saturated carbocycles. The van der Waals surface area contributed by atoms with Crippen LogP contribution in [0, 0.1) is 0 Å². The maximum absolute atomic E-state index is 13.1. The molecular weight excluding hydrogens is 398 g/mol. The number of carbonyl (C=O) groups is 3. The summed E-state index contributed by atoms with van der Waals surface area (Å²) >= 11 is 0. The highest BCUT2D eigenvalue weighted by molar-refractivity contribution is 5.98. The van der Waals surface area contributed by atoms with Crippen LogP contribution in [-0.4, -0.2) is 97.4 Å². The smallest absolute Gasteiger partial charge is 0.260 e. The van der Waals surface area contributed by atoms with Crippen LogP contribution in [0.1, 0.15) is 19.3 Å². The van der Waals surface area contributed by atoms with Gasteiger partial charge >= 0.3 is 0 Å². The minimum absolute atomic E-state index is 0.0835. The quantitative estimate of drug-likeness (QED) is 0.702. The molecule has 3 heterocycles. The SMILES string of the molecule is NC(=O)[C@H]1CN(C(=O)CN2CCN(CC(=O)N3CCCCC3)CC2)c2ccccc2O1. The molecule has 9 heteroatoms. The number of primary amides is 1. The van der Waals surface area contributed by atoms with Gasteiger partial charge in [-0.2, -0.15) is 0 Å². The van der Waals surface area contributed by atoms with Crippen LogP contribution in [0.25, 0.3) is 0 Å². The predicted octanol–water partition coefficient (Wildman–Crippen LogP) is -0.104. The third-order valence-electron chi connectivity index (χ3n) is 6.28. The lowest BCUT2D eigenvalue weighted by atomic mass is 10.1. The fourth-order valence-electron chi connectivity index (χ4n) is 4.44. The lowest BCUT2D eigenvalue weighted by Gasteiger charge is -2.38. The van der Waals surface area contributed by atoms with Gasteiger partial charge in [0, 0.05) is 39.3 Å². The van der Waals surface area contributed by atoms with E-state index in [1.165, 1.54) is 6.42 Å². The van der Waals surface area contributed by atoms with Gasteiger partial charge in [0.2, 0.25) is 11.8 Å². The van der Waals surface area contributed by atoms with Gasteiger partial charge in [-0.05, 0) is 31.4 Å². The van der Waals surface area contributed by atoms with Gasteiger partial charge < -0.3 is 20.3 Å². The van der Waals surface area contributed by atoms with Crippen LogP contribution in [0.3, 0.4) is 0 Å². The zero-order valence-electron chi connectivity index (χ0n) is 17.9. The van der Waals surface area contributed by atoms with Crippen molar-refractivity contribution in [1.29, 1.82) is 0 Å². The van der Waals surface area contributed by atoms with Crippen LogP contribution in [0.4, 0.5) is 5.69 Å². The van der Waals surface area contributed by atoms with Gasteiger partial charge in [0.15, 0.2) is 6.10 Å². The van der Waals surface area contributed by atoms with Crippen LogP contribution >= 0.6 is 0 Å². The van der Waals surface area contributed by atoms with E-state index in [0.29, 0.717) is 18.0 Å². The minimum Gasteiger partial charge on any atom is -0.477 e. The van der Waals surface area contributed by atoms with E-state index < -0.39 is 12.0 Å². The van der Waals surface area contributed by atoms with E-state index in [1.807, 2.05) is 17.0 Å². The van der Waals surface area contributed by atoms with E-state index in [0.717, 1.165) is 52.1 Å². The van der Waals surface area contributed by atoms with Crippen LogP contribution < -0.4 is 15.4 Å². The summed E-state index contributed by atoms with van der Waals surface area (Å²) in [4.78, 5) is 45.1. The standard InChI is InChI=1S/C22H31N5O4/c23-22(30)19-14-27(17-6-2-3-7-18(17)31-19)21(29)16-25-12-10-24(11-13-25)15-20(28)26-8-4-1-5-9-26/h2-3,6-7,19H,1,4-5,8-16H2,(H2,23,30)/t19-/m1/s1. The Kier molecular flexibility index (Phi) is 6.72. The summed E-state index contributed by atoms with van der Waals surface area (Å²) in [6, 6.07) is 7.19. The summed E-state index contributed by atoms with van der Waals surface area (Å²) in [5.74, 6) is 0.0396. The molecule has 0 radical (unpaired) electrons. The summed E-state index contributed by atoms with van der Waals surface area (Å²) in [7, 11) is 0. The van der Waals surface area contributed by atoms with Crippen LogP contribution in [-0.2, 0) is 14.4 Å². The molecule has 4 rings (SSSR count). The fraction of sp³-hybridized carbons (Fsp3) is 0.591. The molecule has 1 atom stereocenters. The second-order valence-electron chi connectivity index (χ2n) is 8.47. The molecule has 0 aliphatic carbocycles. The second kappa shape index (κ2) is 9.65. The highest BCUT2D eigenvalue weighted by Gasteiger charge is 2.33. The van der Waals surface area contributed by atoms with E-state index in [4.69, 9.17) is 10.5 Å². The minimum atomic E-state index is -0.850. The number of ether oxygens (including phenoxy) is 1. The number of piperidine rings is 1. The number of benzene rings is 1. The highest BCUT2D eigenvalue weighted by Crippen LogP contribution is 2.33. The Morgan fingerprint density at radius 1 is 0.871 bits per heavy atom. The lowest BCUT2D eigenvalue weighted by molar-refractivity contribution is -0.134. The molecule has 1 aromatic carbocycles. The van der Waals surface area contributed by atoms with Crippen molar-refractivity contribution in [3.63, 3.8) is 0 Å². The first-order valence-corrected chi connectivity index (χ1v) is 11.1. The molecule has 1 aromatic rings. The first-order valence-electron chi connectivity index (χ1n) is 11.1. The summed E-state index contributed by atoms with van der Waals surface area (Å²) in [5.41, 5.74) is 6.09. The maximum atomic E-state index is 13.1. The number of hydrogen-bond donors (Lipinski definition) is 1. The van der Waals surface area contributed by atoms with E-state index in [1.54, 1.807) is 17.0 Å². The normalized spacial score (nSPS) is 22.5. The average molecular weight is 430 g/mol. The number of carbonyl (C=O) groups excluding carboxylic acids is 3. The number of likely N-dealkylation sites (tertiary alicyclic amines) is 1. The molecule has 9 nitrogen and oxygen atoms in total. The molecule has 3 aliphatic rings. The molecule has 0 bridgehead atoms.